The number of carbonyl (C=O) groups is 1. The molecule has 1 heterocycles. The molecule has 0 bridgehead atoms. The highest BCUT2D eigenvalue weighted by Crippen LogP contribution is 2.23. The van der Waals surface area contributed by atoms with Crippen LogP contribution in [0.5, 0.6) is 5.75 Å². The molecule has 1 aliphatic heterocycles. The van der Waals surface area contributed by atoms with Crippen LogP contribution in [0.3, 0.4) is 0 Å². The van der Waals surface area contributed by atoms with Crippen LogP contribution >= 0.6 is 11.8 Å². The molecular formula is C17H15N3O2S. The molecule has 1 amide bonds. The van der Waals surface area contributed by atoms with E-state index < -0.39 is 0 Å². The van der Waals surface area contributed by atoms with E-state index in [2.05, 4.69) is 15.5 Å². The number of amidine groups is 1. The van der Waals surface area contributed by atoms with Crippen molar-refractivity contribution in [1.82, 2.24) is 5.32 Å². The van der Waals surface area contributed by atoms with E-state index in [9.17, 15) is 9.90 Å². The topological polar surface area (TPSA) is 74.0 Å². The van der Waals surface area contributed by atoms with Crippen molar-refractivity contribution in [3.63, 3.8) is 0 Å². The summed E-state index contributed by atoms with van der Waals surface area (Å²) in [6.07, 6.45) is 2.11. The molecule has 2 aromatic rings. The summed E-state index contributed by atoms with van der Waals surface area (Å²) < 4.78 is 0. The first-order chi connectivity index (χ1) is 11.2. The Morgan fingerprint density at radius 1 is 1.13 bits per heavy atom. The second-order valence-electron chi connectivity index (χ2n) is 4.99. The Bertz CT molecular complexity index is 759. The third-order valence-electron chi connectivity index (χ3n) is 3.32. The minimum Gasteiger partial charge on any atom is -0.507 e. The van der Waals surface area contributed by atoms with Crippen LogP contribution in [0.15, 0.2) is 64.8 Å². The van der Waals surface area contributed by atoms with Gasteiger partial charge in [0.1, 0.15) is 5.75 Å². The maximum Gasteiger partial charge on any atom is 0.239 e. The molecule has 0 saturated carbocycles. The zero-order valence-corrected chi connectivity index (χ0v) is 13.0. The Labute approximate surface area is 138 Å². The Hall–Kier alpha value is -2.60. The van der Waals surface area contributed by atoms with E-state index in [4.69, 9.17) is 0 Å². The fourth-order valence-electron chi connectivity index (χ4n) is 2.15. The molecule has 3 rings (SSSR count). The van der Waals surface area contributed by atoms with Gasteiger partial charge in [-0.2, -0.15) is 5.10 Å². The molecule has 0 aromatic heterocycles. The molecule has 23 heavy (non-hydrogen) atoms. The summed E-state index contributed by atoms with van der Waals surface area (Å²) in [5.41, 5.74) is 1.69. The molecule has 1 aliphatic rings. The number of benzene rings is 2. The highest BCUT2D eigenvalue weighted by atomic mass is 32.2. The van der Waals surface area contributed by atoms with Crippen molar-refractivity contribution >= 4 is 29.1 Å². The van der Waals surface area contributed by atoms with Crippen LogP contribution < -0.4 is 5.32 Å². The van der Waals surface area contributed by atoms with Crippen LogP contribution in [0.1, 0.15) is 11.1 Å². The molecule has 2 aromatic carbocycles. The van der Waals surface area contributed by atoms with E-state index in [1.54, 1.807) is 24.3 Å². The molecule has 1 fully saturated rings. The summed E-state index contributed by atoms with van der Waals surface area (Å²) in [7, 11) is 0. The normalized spacial score (nSPS) is 19.4. The van der Waals surface area contributed by atoms with Crippen molar-refractivity contribution in [2.45, 2.75) is 11.7 Å². The SMILES string of the molecule is O=C1NC(=NN=Cc2ccccc2O)S[C@H]1Cc1ccccc1. The first-order valence-corrected chi connectivity index (χ1v) is 8.01. The van der Waals surface area contributed by atoms with Gasteiger partial charge in [-0.05, 0) is 24.1 Å². The number of carbonyl (C=O) groups excluding carboxylic acids is 1. The van der Waals surface area contributed by atoms with E-state index in [1.165, 1.54) is 18.0 Å². The molecule has 0 spiro atoms. The number of hydrogen-bond acceptors (Lipinski definition) is 5. The van der Waals surface area contributed by atoms with Gasteiger partial charge in [0.05, 0.1) is 11.5 Å². The van der Waals surface area contributed by atoms with E-state index in [0.29, 0.717) is 17.2 Å². The minimum atomic E-state index is -0.198. The van der Waals surface area contributed by atoms with Crippen molar-refractivity contribution in [2.24, 2.45) is 10.2 Å². The number of para-hydroxylation sites is 1. The quantitative estimate of drug-likeness (QED) is 0.670. The van der Waals surface area contributed by atoms with E-state index in [0.717, 1.165) is 5.56 Å². The second kappa shape index (κ2) is 7.11. The number of nitrogens with zero attached hydrogens (tertiary/aromatic N) is 2. The molecule has 2 N–H and O–H groups in total. The van der Waals surface area contributed by atoms with Gasteiger partial charge in [0.2, 0.25) is 5.91 Å². The Kier molecular flexibility index (Phi) is 4.73. The highest BCUT2D eigenvalue weighted by Gasteiger charge is 2.30. The lowest BCUT2D eigenvalue weighted by Gasteiger charge is -2.04. The summed E-state index contributed by atoms with van der Waals surface area (Å²) in [5.74, 6) is 0.0804. The molecular weight excluding hydrogens is 310 g/mol. The lowest BCUT2D eigenvalue weighted by atomic mass is 10.1. The van der Waals surface area contributed by atoms with E-state index in [-0.39, 0.29) is 16.9 Å². The number of amides is 1. The van der Waals surface area contributed by atoms with Crippen molar-refractivity contribution in [3.8, 4) is 5.75 Å². The van der Waals surface area contributed by atoms with Crippen molar-refractivity contribution < 1.29 is 9.90 Å². The largest absolute Gasteiger partial charge is 0.507 e. The third kappa shape index (κ3) is 3.98. The van der Waals surface area contributed by atoms with Gasteiger partial charge in [-0.15, -0.1) is 5.10 Å². The number of aromatic hydroxyl groups is 1. The summed E-state index contributed by atoms with van der Waals surface area (Å²) in [5, 5.41) is 20.6. The Morgan fingerprint density at radius 3 is 2.65 bits per heavy atom. The standard InChI is InChI=1S/C17H15N3O2S/c21-14-9-5-4-8-13(14)11-18-20-17-19-16(22)15(23-17)10-12-6-2-1-3-7-12/h1-9,11,15,21H,10H2,(H,19,20,22)/t15-/m0/s1. The third-order valence-corrected chi connectivity index (χ3v) is 4.39. The minimum absolute atomic E-state index is 0.0599. The van der Waals surface area contributed by atoms with Crippen LogP contribution in [0, 0.1) is 0 Å². The average molecular weight is 325 g/mol. The van der Waals surface area contributed by atoms with Crippen LogP contribution in [0.4, 0.5) is 0 Å². The molecule has 0 aliphatic carbocycles. The van der Waals surface area contributed by atoms with Gasteiger partial charge >= 0.3 is 0 Å². The highest BCUT2D eigenvalue weighted by molar-refractivity contribution is 8.15. The van der Waals surface area contributed by atoms with E-state index >= 15 is 0 Å². The molecule has 116 valence electrons. The van der Waals surface area contributed by atoms with Crippen LogP contribution in [-0.2, 0) is 11.2 Å². The molecule has 1 atom stereocenters. The summed E-state index contributed by atoms with van der Waals surface area (Å²) in [6, 6.07) is 16.7. The van der Waals surface area contributed by atoms with Crippen molar-refractivity contribution in [1.29, 1.82) is 0 Å². The molecule has 0 unspecified atom stereocenters. The second-order valence-corrected chi connectivity index (χ2v) is 6.19. The maximum absolute atomic E-state index is 12.0. The van der Waals surface area contributed by atoms with Gasteiger partial charge in [-0.25, -0.2) is 0 Å². The number of phenolic OH excluding ortho intramolecular Hbond substituents is 1. The average Bonchev–Trinajstić information content (AvgIpc) is 2.90. The lowest BCUT2D eigenvalue weighted by Crippen LogP contribution is -2.25. The number of nitrogens with one attached hydrogen (secondary N) is 1. The van der Waals surface area contributed by atoms with Gasteiger partial charge in [0, 0.05) is 5.56 Å². The van der Waals surface area contributed by atoms with Gasteiger partial charge < -0.3 is 10.4 Å². The van der Waals surface area contributed by atoms with Gasteiger partial charge in [-0.3, -0.25) is 4.79 Å². The van der Waals surface area contributed by atoms with E-state index in [1.807, 2.05) is 30.3 Å². The molecule has 1 saturated heterocycles. The monoisotopic (exact) mass is 325 g/mol. The fraction of sp³-hybridized carbons (Fsp3) is 0.118. The lowest BCUT2D eigenvalue weighted by molar-refractivity contribution is -0.118. The number of thioether (sulfide) groups is 1. The maximum atomic E-state index is 12.0. The van der Waals surface area contributed by atoms with Crippen LogP contribution in [0.2, 0.25) is 0 Å². The van der Waals surface area contributed by atoms with Crippen LogP contribution in [-0.4, -0.2) is 27.6 Å². The number of rotatable bonds is 4. The predicted molar refractivity (Wildman–Crippen MR) is 92.8 cm³/mol. The summed E-state index contributed by atoms with van der Waals surface area (Å²) in [6.45, 7) is 0. The number of hydrogen-bond donors (Lipinski definition) is 2. The van der Waals surface area contributed by atoms with Crippen molar-refractivity contribution in [2.75, 3.05) is 0 Å². The summed E-state index contributed by atoms with van der Waals surface area (Å²) >= 11 is 1.37. The zero-order chi connectivity index (χ0) is 16.1. The van der Waals surface area contributed by atoms with Crippen LogP contribution in [0.25, 0.3) is 0 Å². The zero-order valence-electron chi connectivity index (χ0n) is 12.2. The van der Waals surface area contributed by atoms with Crippen molar-refractivity contribution in [3.05, 3.63) is 65.7 Å². The van der Waals surface area contributed by atoms with Gasteiger partial charge in [0.15, 0.2) is 5.17 Å². The Morgan fingerprint density at radius 2 is 1.87 bits per heavy atom. The number of phenols is 1. The summed E-state index contributed by atoms with van der Waals surface area (Å²) in [4.78, 5) is 12.0. The first-order valence-electron chi connectivity index (χ1n) is 7.13. The first kappa shape index (κ1) is 15.3. The molecule has 6 heteroatoms. The van der Waals surface area contributed by atoms with Gasteiger partial charge in [0.25, 0.3) is 0 Å². The smallest absolute Gasteiger partial charge is 0.239 e. The molecule has 5 nitrogen and oxygen atoms in total. The van der Waals surface area contributed by atoms with Gasteiger partial charge in [-0.1, -0.05) is 54.2 Å². The predicted octanol–water partition coefficient (Wildman–Crippen LogP) is 2.56. The molecule has 0 radical (unpaired) electrons. The Balaban J connectivity index is 1.64. The fourth-order valence-corrected chi connectivity index (χ4v) is 3.12.